The van der Waals surface area contributed by atoms with Gasteiger partial charge in [0.2, 0.25) is 0 Å². The summed E-state index contributed by atoms with van der Waals surface area (Å²) in [6, 6.07) is 0. The Bertz CT molecular complexity index is 200. The molecule has 0 aromatic carbocycles. The van der Waals surface area contributed by atoms with E-state index in [1.54, 1.807) is 12.4 Å². The highest BCUT2D eigenvalue weighted by Gasteiger charge is 1.90. The Hall–Kier alpha value is -0.440. The highest BCUT2D eigenvalue weighted by Crippen LogP contribution is 2.03. The number of aromatic nitrogens is 2. The third-order valence-electron chi connectivity index (χ3n) is 1.02. The monoisotopic (exact) mass is 186 g/mol. The van der Waals surface area contributed by atoms with Crippen LogP contribution < -0.4 is 0 Å². The highest BCUT2D eigenvalue weighted by molar-refractivity contribution is 9.10. The molecule has 3 heteroatoms. The number of nitrogens with zero attached hydrogens (tertiary/aromatic N) is 2. The quantitative estimate of drug-likeness (QED) is 0.669. The van der Waals surface area contributed by atoms with Crippen LogP contribution in [-0.4, -0.2) is 9.97 Å². The van der Waals surface area contributed by atoms with Gasteiger partial charge in [-0.3, -0.25) is 4.98 Å². The fourth-order valence-corrected chi connectivity index (χ4v) is 0.896. The van der Waals surface area contributed by atoms with E-state index in [4.69, 9.17) is 0 Å². The Morgan fingerprint density at radius 2 is 2.33 bits per heavy atom. The standard InChI is InChI=1S/C6H7BrN2/c1-2-5-3-8-4-6(7)9-5/h3-4H,2H2,1H3. The van der Waals surface area contributed by atoms with Gasteiger partial charge in [-0.25, -0.2) is 4.98 Å². The zero-order chi connectivity index (χ0) is 6.69. The smallest absolute Gasteiger partial charge is 0.124 e. The molecular weight excluding hydrogens is 180 g/mol. The molecule has 1 heterocycles. The maximum absolute atomic E-state index is 4.15. The van der Waals surface area contributed by atoms with Gasteiger partial charge >= 0.3 is 0 Å². The van der Waals surface area contributed by atoms with Crippen LogP contribution in [0.2, 0.25) is 0 Å². The van der Waals surface area contributed by atoms with Crippen LogP contribution in [0.4, 0.5) is 0 Å². The third kappa shape index (κ3) is 1.75. The van der Waals surface area contributed by atoms with Crippen molar-refractivity contribution in [3.63, 3.8) is 0 Å². The van der Waals surface area contributed by atoms with Crippen molar-refractivity contribution in [2.45, 2.75) is 13.3 Å². The second-order valence-corrected chi connectivity index (χ2v) is 2.50. The molecule has 0 radical (unpaired) electrons. The highest BCUT2D eigenvalue weighted by atomic mass is 79.9. The molecular formula is C6H7BrN2. The first-order chi connectivity index (χ1) is 4.33. The largest absolute Gasteiger partial charge is 0.260 e. The lowest BCUT2D eigenvalue weighted by molar-refractivity contribution is 0.984. The van der Waals surface area contributed by atoms with Crippen molar-refractivity contribution < 1.29 is 0 Å². The molecule has 1 aromatic rings. The van der Waals surface area contributed by atoms with Crippen molar-refractivity contribution >= 4 is 15.9 Å². The maximum Gasteiger partial charge on any atom is 0.124 e. The summed E-state index contributed by atoms with van der Waals surface area (Å²) < 4.78 is 0.807. The fourth-order valence-electron chi connectivity index (χ4n) is 0.550. The van der Waals surface area contributed by atoms with Crippen molar-refractivity contribution in [1.82, 2.24) is 9.97 Å². The summed E-state index contributed by atoms with van der Waals surface area (Å²) in [6.45, 7) is 2.05. The molecule has 0 spiro atoms. The molecule has 0 aliphatic rings. The second kappa shape index (κ2) is 2.92. The molecule has 1 rings (SSSR count). The topological polar surface area (TPSA) is 25.8 Å². The molecule has 48 valence electrons. The maximum atomic E-state index is 4.15. The predicted molar refractivity (Wildman–Crippen MR) is 39.1 cm³/mol. The molecule has 0 aliphatic heterocycles. The van der Waals surface area contributed by atoms with Crippen LogP contribution in [0.3, 0.4) is 0 Å². The summed E-state index contributed by atoms with van der Waals surface area (Å²) in [6.07, 6.45) is 4.39. The number of hydrogen-bond donors (Lipinski definition) is 0. The Morgan fingerprint density at radius 1 is 1.56 bits per heavy atom. The number of hydrogen-bond acceptors (Lipinski definition) is 2. The molecule has 1 aromatic heterocycles. The molecule has 0 atom stereocenters. The number of aryl methyl sites for hydroxylation is 1. The van der Waals surface area contributed by atoms with E-state index in [-0.39, 0.29) is 0 Å². The second-order valence-electron chi connectivity index (χ2n) is 1.69. The summed E-state index contributed by atoms with van der Waals surface area (Å²) in [5.74, 6) is 0. The Kier molecular flexibility index (Phi) is 2.16. The first-order valence-corrected chi connectivity index (χ1v) is 3.58. The van der Waals surface area contributed by atoms with Gasteiger partial charge in [0.1, 0.15) is 4.60 Å². The Morgan fingerprint density at radius 3 is 2.78 bits per heavy atom. The summed E-state index contributed by atoms with van der Waals surface area (Å²) in [5.41, 5.74) is 1.02. The molecule has 9 heavy (non-hydrogen) atoms. The van der Waals surface area contributed by atoms with Crippen molar-refractivity contribution in [1.29, 1.82) is 0 Å². The van der Waals surface area contributed by atoms with E-state index in [1.165, 1.54) is 0 Å². The van der Waals surface area contributed by atoms with Gasteiger partial charge in [-0.05, 0) is 22.4 Å². The van der Waals surface area contributed by atoms with Crippen LogP contribution in [-0.2, 0) is 6.42 Å². The molecule has 0 bridgehead atoms. The first-order valence-electron chi connectivity index (χ1n) is 2.79. The van der Waals surface area contributed by atoms with Gasteiger partial charge in [-0.1, -0.05) is 6.92 Å². The van der Waals surface area contributed by atoms with E-state index < -0.39 is 0 Å². The van der Waals surface area contributed by atoms with Crippen LogP contribution in [0, 0.1) is 0 Å². The van der Waals surface area contributed by atoms with Gasteiger partial charge in [-0.15, -0.1) is 0 Å². The molecule has 0 aliphatic carbocycles. The fraction of sp³-hybridized carbons (Fsp3) is 0.333. The van der Waals surface area contributed by atoms with Gasteiger partial charge in [0.15, 0.2) is 0 Å². The third-order valence-corrected chi connectivity index (χ3v) is 1.40. The van der Waals surface area contributed by atoms with Crippen LogP contribution in [0.25, 0.3) is 0 Å². The number of rotatable bonds is 1. The average Bonchev–Trinajstić information content (AvgIpc) is 1.88. The van der Waals surface area contributed by atoms with Crippen LogP contribution in [0.1, 0.15) is 12.6 Å². The summed E-state index contributed by atoms with van der Waals surface area (Å²) in [5, 5.41) is 0. The van der Waals surface area contributed by atoms with Gasteiger partial charge < -0.3 is 0 Å². The molecule has 0 N–H and O–H groups in total. The zero-order valence-electron chi connectivity index (χ0n) is 5.13. The Balaban J connectivity index is 2.94. The lowest BCUT2D eigenvalue weighted by Gasteiger charge is -1.92. The Labute approximate surface area is 62.5 Å². The van der Waals surface area contributed by atoms with Crippen molar-refractivity contribution in [2.24, 2.45) is 0 Å². The normalized spacial score (nSPS) is 9.56. The first kappa shape index (κ1) is 6.68. The van der Waals surface area contributed by atoms with Crippen LogP contribution in [0.5, 0.6) is 0 Å². The average molecular weight is 187 g/mol. The van der Waals surface area contributed by atoms with E-state index in [9.17, 15) is 0 Å². The van der Waals surface area contributed by atoms with E-state index in [1.807, 2.05) is 0 Å². The molecule has 0 saturated carbocycles. The zero-order valence-corrected chi connectivity index (χ0v) is 6.72. The van der Waals surface area contributed by atoms with Crippen molar-refractivity contribution in [3.05, 3.63) is 22.7 Å². The van der Waals surface area contributed by atoms with Gasteiger partial charge in [-0.2, -0.15) is 0 Å². The SMILES string of the molecule is CCc1cncc(Br)n1. The molecule has 0 unspecified atom stereocenters. The molecule has 0 amide bonds. The molecule has 0 saturated heterocycles. The molecule has 2 nitrogen and oxygen atoms in total. The summed E-state index contributed by atoms with van der Waals surface area (Å²) in [4.78, 5) is 8.09. The minimum atomic E-state index is 0.807. The van der Waals surface area contributed by atoms with Crippen molar-refractivity contribution in [2.75, 3.05) is 0 Å². The van der Waals surface area contributed by atoms with E-state index >= 15 is 0 Å². The van der Waals surface area contributed by atoms with E-state index in [0.717, 1.165) is 16.7 Å². The van der Waals surface area contributed by atoms with Crippen LogP contribution >= 0.6 is 15.9 Å². The van der Waals surface area contributed by atoms with E-state index in [2.05, 4.69) is 32.8 Å². The molecule has 0 fully saturated rings. The number of halogens is 1. The van der Waals surface area contributed by atoms with E-state index in [0.29, 0.717) is 0 Å². The summed E-state index contributed by atoms with van der Waals surface area (Å²) in [7, 11) is 0. The van der Waals surface area contributed by atoms with Gasteiger partial charge in [0, 0.05) is 6.20 Å². The summed E-state index contributed by atoms with van der Waals surface area (Å²) >= 11 is 3.23. The van der Waals surface area contributed by atoms with Gasteiger partial charge in [0.05, 0.1) is 11.9 Å². The predicted octanol–water partition coefficient (Wildman–Crippen LogP) is 1.80. The minimum Gasteiger partial charge on any atom is -0.260 e. The van der Waals surface area contributed by atoms with Crippen LogP contribution in [0.15, 0.2) is 17.0 Å². The minimum absolute atomic E-state index is 0.807. The van der Waals surface area contributed by atoms with Gasteiger partial charge in [0.25, 0.3) is 0 Å². The van der Waals surface area contributed by atoms with Crippen molar-refractivity contribution in [3.8, 4) is 0 Å². The lowest BCUT2D eigenvalue weighted by atomic mass is 10.4. The lowest BCUT2D eigenvalue weighted by Crippen LogP contribution is -1.87.